The quantitative estimate of drug-likeness (QED) is 0.280. The lowest BCUT2D eigenvalue weighted by Crippen LogP contribution is -2.02. The molecule has 0 unspecified atom stereocenters. The van der Waals surface area contributed by atoms with Gasteiger partial charge in [-0.1, -0.05) is 45.4 Å². The smallest absolute Gasteiger partial charge is 0.339 e. The first-order valence-electron chi connectivity index (χ1n) is 10.2. The Labute approximate surface area is 197 Å². The Bertz CT molecular complexity index is 1440. The van der Waals surface area contributed by atoms with E-state index in [1.54, 1.807) is 23.0 Å². The number of hydrogen-bond acceptors (Lipinski definition) is 6. The van der Waals surface area contributed by atoms with Crippen LogP contribution >= 0.6 is 15.9 Å². The van der Waals surface area contributed by atoms with Crippen LogP contribution < -0.4 is 15.1 Å². The first kappa shape index (κ1) is 21.0. The van der Waals surface area contributed by atoms with Gasteiger partial charge in [-0.3, -0.25) is 0 Å². The topological polar surface area (TPSA) is 79.4 Å². The maximum absolute atomic E-state index is 11.8. The van der Waals surface area contributed by atoms with E-state index in [4.69, 9.17) is 13.9 Å². The molecule has 2 heterocycles. The van der Waals surface area contributed by atoms with Crippen LogP contribution in [-0.4, -0.2) is 15.0 Å². The fourth-order valence-corrected chi connectivity index (χ4v) is 3.55. The summed E-state index contributed by atoms with van der Waals surface area (Å²) in [6, 6.07) is 24.2. The van der Waals surface area contributed by atoms with Crippen LogP contribution in [0.5, 0.6) is 11.5 Å². The summed E-state index contributed by atoms with van der Waals surface area (Å²) in [4.78, 5) is 11.8. The number of halogens is 1. The van der Waals surface area contributed by atoms with E-state index >= 15 is 0 Å². The van der Waals surface area contributed by atoms with Crippen molar-refractivity contribution in [3.63, 3.8) is 0 Å². The zero-order valence-corrected chi connectivity index (χ0v) is 18.9. The molecule has 0 saturated heterocycles. The maximum Gasteiger partial charge on any atom is 0.339 e. The number of fused-ring (bicyclic) bond motifs is 1. The highest BCUT2D eigenvalue weighted by Crippen LogP contribution is 2.24. The van der Waals surface area contributed by atoms with Crippen LogP contribution in [0.1, 0.15) is 11.3 Å². The second-order valence-electron chi connectivity index (χ2n) is 7.28. The van der Waals surface area contributed by atoms with Crippen molar-refractivity contribution in [1.29, 1.82) is 0 Å². The number of aromatic nitrogens is 3. The lowest BCUT2D eigenvalue weighted by molar-refractivity contribution is 0.302. The minimum Gasteiger partial charge on any atom is -0.489 e. The van der Waals surface area contributed by atoms with Gasteiger partial charge in [-0.15, -0.1) is 5.10 Å². The summed E-state index contributed by atoms with van der Waals surface area (Å²) in [5.74, 6) is 1.21. The Kier molecular flexibility index (Phi) is 5.91. The molecule has 2 aromatic heterocycles. The van der Waals surface area contributed by atoms with Crippen LogP contribution in [0.25, 0.3) is 16.7 Å². The Morgan fingerprint density at radius 1 is 0.909 bits per heavy atom. The third kappa shape index (κ3) is 4.96. The van der Waals surface area contributed by atoms with Crippen LogP contribution in [0.2, 0.25) is 0 Å². The molecule has 0 saturated carbocycles. The summed E-state index contributed by atoms with van der Waals surface area (Å²) >= 11 is 3.43. The van der Waals surface area contributed by atoms with Crippen molar-refractivity contribution in [3.05, 3.63) is 111 Å². The van der Waals surface area contributed by atoms with Crippen molar-refractivity contribution in [1.82, 2.24) is 15.0 Å². The van der Waals surface area contributed by atoms with Crippen molar-refractivity contribution in [2.24, 2.45) is 0 Å². The van der Waals surface area contributed by atoms with Crippen molar-refractivity contribution >= 4 is 26.9 Å². The Balaban J connectivity index is 1.23. The number of benzene rings is 3. The molecular formula is C25H18BrN3O4. The molecule has 0 aliphatic carbocycles. The molecular weight excluding hydrogens is 486 g/mol. The van der Waals surface area contributed by atoms with Gasteiger partial charge in [-0.25, -0.2) is 9.48 Å². The molecule has 7 nitrogen and oxygen atoms in total. The lowest BCUT2D eigenvalue weighted by atomic mass is 10.2. The van der Waals surface area contributed by atoms with E-state index in [9.17, 15) is 4.79 Å². The molecule has 0 bridgehead atoms. The van der Waals surface area contributed by atoms with Gasteiger partial charge in [0.1, 0.15) is 36.0 Å². The molecule has 5 aromatic rings. The summed E-state index contributed by atoms with van der Waals surface area (Å²) < 4.78 is 19.6. The highest BCUT2D eigenvalue weighted by molar-refractivity contribution is 9.10. The number of hydrogen-bond donors (Lipinski definition) is 0. The third-order valence-electron chi connectivity index (χ3n) is 4.95. The lowest BCUT2D eigenvalue weighted by Gasteiger charge is -2.07. The van der Waals surface area contributed by atoms with Gasteiger partial charge in [0.2, 0.25) is 0 Å². The fourth-order valence-electron chi connectivity index (χ4n) is 3.29. The van der Waals surface area contributed by atoms with E-state index in [-0.39, 0.29) is 6.61 Å². The number of nitrogens with zero attached hydrogens (tertiary/aromatic N) is 3. The summed E-state index contributed by atoms with van der Waals surface area (Å²) in [5, 5.41) is 9.06. The average molecular weight is 504 g/mol. The molecule has 0 amide bonds. The summed E-state index contributed by atoms with van der Waals surface area (Å²) in [7, 11) is 0. The molecule has 0 aliphatic heterocycles. The summed E-state index contributed by atoms with van der Waals surface area (Å²) in [6.45, 7) is 0.659. The number of para-hydroxylation sites is 1. The molecule has 0 fully saturated rings. The van der Waals surface area contributed by atoms with Gasteiger partial charge >= 0.3 is 5.63 Å². The van der Waals surface area contributed by atoms with Crippen molar-refractivity contribution in [3.8, 4) is 17.2 Å². The molecule has 0 atom stereocenters. The van der Waals surface area contributed by atoms with E-state index in [2.05, 4.69) is 26.2 Å². The van der Waals surface area contributed by atoms with Crippen LogP contribution in [-0.2, 0) is 13.2 Å². The predicted octanol–water partition coefficient (Wildman–Crippen LogP) is 5.29. The minimum atomic E-state index is -0.463. The Morgan fingerprint density at radius 2 is 1.70 bits per heavy atom. The second-order valence-corrected chi connectivity index (χ2v) is 8.19. The van der Waals surface area contributed by atoms with Gasteiger partial charge in [0.25, 0.3) is 0 Å². The first-order valence-corrected chi connectivity index (χ1v) is 11.0. The summed E-state index contributed by atoms with van der Waals surface area (Å²) in [6.07, 6.45) is 1.78. The Morgan fingerprint density at radius 3 is 2.52 bits per heavy atom. The van der Waals surface area contributed by atoms with Crippen LogP contribution in [0.4, 0.5) is 0 Å². The normalized spacial score (nSPS) is 10.9. The number of ether oxygens (including phenoxy) is 2. The number of rotatable bonds is 7. The van der Waals surface area contributed by atoms with Crippen LogP contribution in [0.3, 0.4) is 0 Å². The van der Waals surface area contributed by atoms with Crippen molar-refractivity contribution in [2.45, 2.75) is 13.2 Å². The van der Waals surface area contributed by atoms with E-state index in [1.165, 1.54) is 6.07 Å². The zero-order valence-electron chi connectivity index (χ0n) is 17.3. The van der Waals surface area contributed by atoms with Gasteiger partial charge in [0.15, 0.2) is 0 Å². The van der Waals surface area contributed by atoms with Gasteiger partial charge in [0, 0.05) is 4.47 Å². The molecule has 33 heavy (non-hydrogen) atoms. The highest BCUT2D eigenvalue weighted by Gasteiger charge is 2.09. The zero-order chi connectivity index (χ0) is 22.6. The first-order chi connectivity index (χ1) is 16.1. The van der Waals surface area contributed by atoms with E-state index in [1.807, 2.05) is 60.7 Å². The van der Waals surface area contributed by atoms with Crippen molar-refractivity contribution in [2.75, 3.05) is 0 Å². The Hall–Kier alpha value is -3.91. The average Bonchev–Trinajstić information content (AvgIpc) is 3.31. The fraction of sp³-hybridized carbons (Fsp3) is 0.0800. The molecule has 0 N–H and O–H groups in total. The SMILES string of the molecule is O=c1cc(OCc2cn(-c3ccc(OCc4ccc(Br)cc4)cc3)nn2)c2ccccc2o1. The monoisotopic (exact) mass is 503 g/mol. The minimum absolute atomic E-state index is 0.168. The standard InChI is InChI=1S/C25H18BrN3O4/c26-18-7-5-17(6-8-18)15-31-21-11-9-20(10-12-21)29-14-19(27-28-29)16-32-24-13-25(30)33-23-4-2-1-3-22(23)24/h1-14H,15-16H2. The predicted molar refractivity (Wildman–Crippen MR) is 127 cm³/mol. The van der Waals surface area contributed by atoms with E-state index in [0.717, 1.165) is 26.9 Å². The van der Waals surface area contributed by atoms with Gasteiger partial charge < -0.3 is 13.9 Å². The maximum atomic E-state index is 11.8. The van der Waals surface area contributed by atoms with Gasteiger partial charge in [-0.2, -0.15) is 0 Å². The van der Waals surface area contributed by atoms with Gasteiger partial charge in [0.05, 0.1) is 23.3 Å². The molecule has 0 radical (unpaired) electrons. The van der Waals surface area contributed by atoms with Crippen molar-refractivity contribution < 1.29 is 13.9 Å². The molecule has 5 rings (SSSR count). The molecule has 3 aromatic carbocycles. The molecule has 0 spiro atoms. The molecule has 0 aliphatic rings. The molecule has 8 heteroatoms. The highest BCUT2D eigenvalue weighted by atomic mass is 79.9. The second kappa shape index (κ2) is 9.30. The van der Waals surface area contributed by atoms with E-state index in [0.29, 0.717) is 23.6 Å². The summed E-state index contributed by atoms with van der Waals surface area (Å²) in [5.41, 5.74) is 2.58. The van der Waals surface area contributed by atoms with Gasteiger partial charge in [-0.05, 0) is 54.1 Å². The third-order valence-corrected chi connectivity index (χ3v) is 5.48. The molecule has 164 valence electrons. The van der Waals surface area contributed by atoms with Crippen LogP contribution in [0, 0.1) is 0 Å². The van der Waals surface area contributed by atoms with Crippen LogP contribution in [0.15, 0.2) is 98.7 Å². The van der Waals surface area contributed by atoms with E-state index < -0.39 is 5.63 Å². The largest absolute Gasteiger partial charge is 0.489 e.